The maximum atomic E-state index is 12.1. The molecule has 1 aromatic heterocycles. The minimum atomic E-state index is -2.74. The monoisotopic (exact) mass is 525 g/mol. The third-order valence-electron chi connectivity index (χ3n) is 5.77. The molecule has 1 atom stereocenters. The van der Waals surface area contributed by atoms with Gasteiger partial charge in [0.15, 0.2) is 5.60 Å². The first kappa shape index (κ1) is 29.4. The van der Waals surface area contributed by atoms with Gasteiger partial charge in [-0.25, -0.2) is 14.8 Å². The van der Waals surface area contributed by atoms with E-state index in [0.717, 1.165) is 24.7 Å². The Hall–Kier alpha value is -3.85. The fourth-order valence-corrected chi connectivity index (χ4v) is 3.88. The zero-order chi connectivity index (χ0) is 27.6. The van der Waals surface area contributed by atoms with E-state index in [1.165, 1.54) is 20.0 Å². The Bertz CT molecular complexity index is 982. The number of carboxylic acid groups (broad SMARTS) is 3. The molecule has 2 saturated heterocycles. The van der Waals surface area contributed by atoms with E-state index in [9.17, 15) is 24.0 Å². The van der Waals surface area contributed by atoms with Crippen LogP contribution in [0.4, 0.5) is 5.95 Å². The molecule has 5 N–H and O–H groups in total. The fourth-order valence-electron chi connectivity index (χ4n) is 3.88. The van der Waals surface area contributed by atoms with Crippen molar-refractivity contribution in [2.75, 3.05) is 38.2 Å². The Balaban J connectivity index is 0.000000317. The highest BCUT2D eigenvalue weighted by Gasteiger charge is 2.40. The molecule has 37 heavy (non-hydrogen) atoms. The van der Waals surface area contributed by atoms with Gasteiger partial charge in [-0.2, -0.15) is 0 Å². The number of carboxylic acids is 3. The number of amides is 1. The molecule has 2 aliphatic heterocycles. The third kappa shape index (κ3) is 8.95. The number of aliphatic carboxylic acids is 3. The number of carbonyl (C=O) groups excluding carboxylic acids is 2. The van der Waals surface area contributed by atoms with E-state index >= 15 is 0 Å². The summed E-state index contributed by atoms with van der Waals surface area (Å²) in [6, 6.07) is 1.35. The van der Waals surface area contributed by atoms with Crippen molar-refractivity contribution >= 4 is 35.7 Å². The van der Waals surface area contributed by atoms with Crippen LogP contribution in [0.2, 0.25) is 0 Å². The van der Waals surface area contributed by atoms with E-state index in [4.69, 9.17) is 25.2 Å². The van der Waals surface area contributed by atoms with Gasteiger partial charge in [0, 0.05) is 38.9 Å². The summed E-state index contributed by atoms with van der Waals surface area (Å²) >= 11 is 0. The lowest BCUT2D eigenvalue weighted by Crippen LogP contribution is -2.55. The smallest absolute Gasteiger partial charge is 0.336 e. The predicted molar refractivity (Wildman–Crippen MR) is 124 cm³/mol. The summed E-state index contributed by atoms with van der Waals surface area (Å²) in [5.74, 6) is -4.80. The summed E-state index contributed by atoms with van der Waals surface area (Å²) in [5.41, 5.74) is -1.88. The molecule has 3 rings (SSSR count). The molecule has 15 heteroatoms. The summed E-state index contributed by atoms with van der Waals surface area (Å²) in [4.78, 5) is 67.3. The maximum absolute atomic E-state index is 12.1. The van der Waals surface area contributed by atoms with Crippen molar-refractivity contribution in [3.63, 3.8) is 0 Å². The summed E-state index contributed by atoms with van der Waals surface area (Å²) in [7, 11) is 1.33. The van der Waals surface area contributed by atoms with Crippen LogP contribution in [0, 0.1) is 0 Å². The van der Waals surface area contributed by atoms with Crippen molar-refractivity contribution in [2.45, 2.75) is 50.3 Å². The molecule has 1 amide bonds. The fraction of sp³-hybridized carbons (Fsp3) is 0.591. The number of carbonyl (C=O) groups is 5. The van der Waals surface area contributed by atoms with Gasteiger partial charge < -0.3 is 35.4 Å². The number of aliphatic hydroxyl groups is 1. The molecule has 0 aliphatic carbocycles. The number of hydrogen-bond donors (Lipinski definition) is 5. The van der Waals surface area contributed by atoms with Gasteiger partial charge in [0.2, 0.25) is 11.9 Å². The van der Waals surface area contributed by atoms with Crippen LogP contribution in [-0.2, 0) is 35.3 Å². The Morgan fingerprint density at radius 3 is 2.27 bits per heavy atom. The van der Waals surface area contributed by atoms with Crippen molar-refractivity contribution < 1.29 is 49.1 Å². The lowest BCUT2D eigenvalue weighted by atomic mass is 9.96. The lowest BCUT2D eigenvalue weighted by molar-refractivity contribution is -0.170. The van der Waals surface area contributed by atoms with Gasteiger partial charge in [-0.1, -0.05) is 0 Å². The summed E-state index contributed by atoms with van der Waals surface area (Å²) in [6.07, 6.45) is 1.85. The quantitative estimate of drug-likeness (QED) is 0.224. The van der Waals surface area contributed by atoms with Crippen LogP contribution >= 0.6 is 0 Å². The maximum Gasteiger partial charge on any atom is 0.336 e. The van der Waals surface area contributed by atoms with Gasteiger partial charge in [-0.05, 0) is 18.9 Å². The first-order valence-electron chi connectivity index (χ1n) is 11.5. The first-order chi connectivity index (χ1) is 17.4. The standard InChI is InChI=1S/C16H23N5O3.C6H8O7/c1-24-14(22)10-13-15(23)17-6-9-21(13)11-12-4-5-18-16(19-12)20-7-2-3-8-20;7-3(8)1-6(13,5(11)12)2-4(9)10/h4-5,13H,2-3,6-11H2,1H3,(H,17,23);13H,1-2H2,(H,7,8)(H,9,10)(H,11,12). The molecule has 0 radical (unpaired) electrons. The zero-order valence-corrected chi connectivity index (χ0v) is 20.3. The zero-order valence-electron chi connectivity index (χ0n) is 20.3. The number of hydrogen-bond acceptors (Lipinski definition) is 11. The van der Waals surface area contributed by atoms with Crippen molar-refractivity contribution in [3.8, 4) is 0 Å². The number of ether oxygens (including phenoxy) is 1. The number of aromatic nitrogens is 2. The van der Waals surface area contributed by atoms with E-state index in [0.29, 0.717) is 19.6 Å². The Morgan fingerprint density at radius 1 is 1.11 bits per heavy atom. The molecule has 0 bridgehead atoms. The Kier molecular flexibility index (Phi) is 10.7. The second-order valence-corrected chi connectivity index (χ2v) is 8.58. The van der Waals surface area contributed by atoms with Gasteiger partial charge >= 0.3 is 23.9 Å². The highest BCUT2D eigenvalue weighted by molar-refractivity contribution is 5.88. The van der Waals surface area contributed by atoms with E-state index in [-0.39, 0.29) is 18.3 Å². The molecule has 0 spiro atoms. The molecule has 0 saturated carbocycles. The van der Waals surface area contributed by atoms with Gasteiger partial charge in [0.1, 0.15) is 6.04 Å². The molecule has 15 nitrogen and oxygen atoms in total. The Morgan fingerprint density at radius 2 is 1.73 bits per heavy atom. The lowest BCUT2D eigenvalue weighted by Gasteiger charge is -2.34. The molecule has 2 fully saturated rings. The minimum absolute atomic E-state index is 0.0480. The van der Waals surface area contributed by atoms with Crippen molar-refractivity contribution in [1.29, 1.82) is 0 Å². The van der Waals surface area contributed by atoms with Crippen molar-refractivity contribution in [3.05, 3.63) is 18.0 Å². The average Bonchev–Trinajstić information content (AvgIpc) is 3.36. The van der Waals surface area contributed by atoms with Gasteiger partial charge in [0.05, 0.1) is 32.1 Å². The number of esters is 1. The predicted octanol–water partition coefficient (Wildman–Crippen LogP) is -1.31. The second-order valence-electron chi connectivity index (χ2n) is 8.58. The largest absolute Gasteiger partial charge is 0.481 e. The minimum Gasteiger partial charge on any atom is -0.481 e. The van der Waals surface area contributed by atoms with E-state index < -0.39 is 42.4 Å². The SMILES string of the molecule is COC(=O)CC1C(=O)NCCN1Cc1ccnc(N2CCCC2)n1.O=C(O)CC(O)(CC(=O)O)C(=O)O. The number of nitrogens with zero attached hydrogens (tertiary/aromatic N) is 4. The second kappa shape index (κ2) is 13.5. The first-order valence-corrected chi connectivity index (χ1v) is 11.5. The van der Waals surface area contributed by atoms with E-state index in [1.807, 2.05) is 11.0 Å². The number of rotatable bonds is 10. The molecule has 1 aromatic rings. The van der Waals surface area contributed by atoms with Crippen LogP contribution in [0.5, 0.6) is 0 Å². The topological polar surface area (TPSA) is 220 Å². The van der Waals surface area contributed by atoms with Crippen molar-refractivity contribution in [2.24, 2.45) is 0 Å². The molecule has 204 valence electrons. The van der Waals surface area contributed by atoms with Crippen LogP contribution < -0.4 is 10.2 Å². The molecular weight excluding hydrogens is 494 g/mol. The van der Waals surface area contributed by atoms with Gasteiger partial charge in [0.25, 0.3) is 0 Å². The average molecular weight is 526 g/mol. The van der Waals surface area contributed by atoms with Crippen LogP contribution in [0.1, 0.15) is 37.8 Å². The van der Waals surface area contributed by atoms with Gasteiger partial charge in [-0.3, -0.25) is 24.1 Å². The number of anilines is 1. The normalized spacial score (nSPS) is 17.8. The van der Waals surface area contributed by atoms with Crippen LogP contribution in [-0.4, -0.2) is 110 Å². The summed E-state index contributed by atoms with van der Waals surface area (Å²) in [6.45, 7) is 3.73. The number of nitrogens with one attached hydrogen (secondary N) is 1. The van der Waals surface area contributed by atoms with E-state index in [2.05, 4.69) is 20.2 Å². The highest BCUT2D eigenvalue weighted by atomic mass is 16.5. The van der Waals surface area contributed by atoms with Crippen LogP contribution in [0.15, 0.2) is 12.3 Å². The molecule has 1 unspecified atom stereocenters. The number of piperazine rings is 1. The summed E-state index contributed by atoms with van der Waals surface area (Å²) < 4.78 is 4.71. The highest BCUT2D eigenvalue weighted by Crippen LogP contribution is 2.18. The summed E-state index contributed by atoms with van der Waals surface area (Å²) in [5, 5.41) is 36.6. The van der Waals surface area contributed by atoms with Crippen molar-refractivity contribution in [1.82, 2.24) is 20.2 Å². The van der Waals surface area contributed by atoms with E-state index in [1.54, 1.807) is 6.20 Å². The third-order valence-corrected chi connectivity index (χ3v) is 5.77. The van der Waals surface area contributed by atoms with Gasteiger partial charge in [-0.15, -0.1) is 0 Å². The molecular formula is C22H31N5O10. The Labute approximate surface area is 212 Å². The molecule has 0 aromatic carbocycles. The number of methoxy groups -OCH3 is 1. The van der Waals surface area contributed by atoms with Crippen LogP contribution in [0.3, 0.4) is 0 Å². The van der Waals surface area contributed by atoms with Crippen LogP contribution in [0.25, 0.3) is 0 Å². The molecule has 2 aliphatic rings. The molecule has 3 heterocycles.